The minimum atomic E-state index is -0.966. The number of rotatable bonds is 5. The predicted molar refractivity (Wildman–Crippen MR) is 56.0 cm³/mol. The van der Waals surface area contributed by atoms with Crippen LogP contribution in [0.2, 0.25) is 0 Å². The third kappa shape index (κ3) is 3.91. The van der Waals surface area contributed by atoms with Crippen LogP contribution in [0.25, 0.3) is 0 Å². The quantitative estimate of drug-likeness (QED) is 0.702. The zero-order chi connectivity index (χ0) is 11.3. The molecule has 0 unspecified atom stereocenters. The van der Waals surface area contributed by atoms with Gasteiger partial charge in [-0.25, -0.2) is 0 Å². The van der Waals surface area contributed by atoms with Crippen molar-refractivity contribution in [2.45, 2.75) is 6.92 Å². The third-order valence-corrected chi connectivity index (χ3v) is 1.94. The standard InChI is InChI=1S/C11H13NO3/c1-8-2-4-9(5-3-8)10(13)6-12-7-11(14)15/h2-5,12H,6-7H2,1H3,(H,14,15). The van der Waals surface area contributed by atoms with Crippen molar-refractivity contribution in [2.24, 2.45) is 0 Å². The van der Waals surface area contributed by atoms with Crippen LogP contribution in [-0.4, -0.2) is 29.9 Å². The molecule has 0 amide bonds. The van der Waals surface area contributed by atoms with Gasteiger partial charge < -0.3 is 5.11 Å². The summed E-state index contributed by atoms with van der Waals surface area (Å²) in [6.07, 6.45) is 0. The number of ketones is 1. The van der Waals surface area contributed by atoms with Gasteiger partial charge in [0.25, 0.3) is 0 Å². The Morgan fingerprint density at radius 3 is 2.33 bits per heavy atom. The lowest BCUT2D eigenvalue weighted by atomic mass is 10.1. The molecule has 0 aliphatic carbocycles. The molecule has 4 heteroatoms. The van der Waals surface area contributed by atoms with E-state index in [0.717, 1.165) is 5.56 Å². The molecule has 0 spiro atoms. The van der Waals surface area contributed by atoms with Gasteiger partial charge in [-0.2, -0.15) is 0 Å². The van der Waals surface area contributed by atoms with Crippen molar-refractivity contribution < 1.29 is 14.7 Å². The lowest BCUT2D eigenvalue weighted by Crippen LogP contribution is -2.28. The fourth-order valence-corrected chi connectivity index (χ4v) is 1.12. The molecular weight excluding hydrogens is 194 g/mol. The highest BCUT2D eigenvalue weighted by Crippen LogP contribution is 2.03. The molecule has 4 nitrogen and oxygen atoms in total. The van der Waals surface area contributed by atoms with E-state index in [1.54, 1.807) is 12.1 Å². The van der Waals surface area contributed by atoms with Gasteiger partial charge in [0.05, 0.1) is 13.1 Å². The van der Waals surface area contributed by atoms with Gasteiger partial charge in [-0.1, -0.05) is 29.8 Å². The molecule has 0 saturated carbocycles. The van der Waals surface area contributed by atoms with Crippen molar-refractivity contribution in [3.63, 3.8) is 0 Å². The van der Waals surface area contributed by atoms with Gasteiger partial charge in [-0.3, -0.25) is 14.9 Å². The van der Waals surface area contributed by atoms with Crippen molar-refractivity contribution in [1.29, 1.82) is 0 Å². The minimum absolute atomic E-state index is 0.0510. The van der Waals surface area contributed by atoms with Crippen molar-refractivity contribution >= 4 is 11.8 Å². The molecule has 0 bridgehead atoms. The fraction of sp³-hybridized carbons (Fsp3) is 0.273. The highest BCUT2D eigenvalue weighted by atomic mass is 16.4. The molecule has 80 valence electrons. The smallest absolute Gasteiger partial charge is 0.317 e. The van der Waals surface area contributed by atoms with Crippen LogP contribution in [0.5, 0.6) is 0 Å². The van der Waals surface area contributed by atoms with Gasteiger partial charge in [0.1, 0.15) is 0 Å². The van der Waals surface area contributed by atoms with E-state index < -0.39 is 5.97 Å². The number of hydrogen-bond donors (Lipinski definition) is 2. The molecule has 1 rings (SSSR count). The van der Waals surface area contributed by atoms with Crippen LogP contribution >= 0.6 is 0 Å². The average Bonchev–Trinajstić information content (AvgIpc) is 2.18. The van der Waals surface area contributed by atoms with Crippen molar-refractivity contribution in [3.05, 3.63) is 35.4 Å². The molecule has 0 atom stereocenters. The van der Waals surface area contributed by atoms with Crippen molar-refractivity contribution in [3.8, 4) is 0 Å². The number of carbonyl (C=O) groups excluding carboxylic acids is 1. The minimum Gasteiger partial charge on any atom is -0.480 e. The summed E-state index contributed by atoms with van der Waals surface area (Å²) in [7, 11) is 0. The molecule has 0 saturated heterocycles. The zero-order valence-corrected chi connectivity index (χ0v) is 8.49. The van der Waals surface area contributed by atoms with Crippen LogP contribution in [0, 0.1) is 6.92 Å². The maximum Gasteiger partial charge on any atom is 0.317 e. The Hall–Kier alpha value is -1.68. The fourth-order valence-electron chi connectivity index (χ4n) is 1.12. The van der Waals surface area contributed by atoms with Crippen LogP contribution < -0.4 is 5.32 Å². The van der Waals surface area contributed by atoms with E-state index in [1.807, 2.05) is 19.1 Å². The molecule has 0 heterocycles. The summed E-state index contributed by atoms with van der Waals surface area (Å²) in [6.45, 7) is 1.80. The molecule has 0 radical (unpaired) electrons. The molecule has 1 aromatic rings. The summed E-state index contributed by atoms with van der Waals surface area (Å²) < 4.78 is 0. The normalized spacial score (nSPS) is 9.93. The zero-order valence-electron chi connectivity index (χ0n) is 8.49. The SMILES string of the molecule is Cc1ccc(C(=O)CNCC(=O)O)cc1. The molecule has 2 N–H and O–H groups in total. The first kappa shape index (κ1) is 11.4. The summed E-state index contributed by atoms with van der Waals surface area (Å²) in [5, 5.41) is 10.9. The number of carboxylic acid groups (broad SMARTS) is 1. The summed E-state index contributed by atoms with van der Waals surface area (Å²) in [5.74, 6) is -1.07. The van der Waals surface area contributed by atoms with Crippen LogP contribution in [0.3, 0.4) is 0 Å². The molecular formula is C11H13NO3. The first-order valence-corrected chi connectivity index (χ1v) is 4.62. The predicted octanol–water partition coefficient (Wildman–Crippen LogP) is 0.852. The van der Waals surface area contributed by atoms with Gasteiger partial charge in [0.15, 0.2) is 5.78 Å². The topological polar surface area (TPSA) is 66.4 Å². The van der Waals surface area contributed by atoms with Gasteiger partial charge in [0, 0.05) is 5.56 Å². The Bertz CT molecular complexity index is 357. The molecule has 15 heavy (non-hydrogen) atoms. The lowest BCUT2D eigenvalue weighted by Gasteiger charge is -2.01. The van der Waals surface area contributed by atoms with E-state index in [9.17, 15) is 9.59 Å². The van der Waals surface area contributed by atoms with E-state index in [4.69, 9.17) is 5.11 Å². The first-order valence-electron chi connectivity index (χ1n) is 4.62. The van der Waals surface area contributed by atoms with Gasteiger partial charge in [0.2, 0.25) is 0 Å². The van der Waals surface area contributed by atoms with E-state index in [0.29, 0.717) is 5.56 Å². The average molecular weight is 207 g/mol. The lowest BCUT2D eigenvalue weighted by molar-refractivity contribution is -0.135. The molecule has 0 aliphatic heterocycles. The maximum atomic E-state index is 11.5. The first-order chi connectivity index (χ1) is 7.09. The molecule has 0 aliphatic rings. The number of benzene rings is 1. The Balaban J connectivity index is 2.47. The number of aliphatic carboxylic acids is 1. The summed E-state index contributed by atoms with van der Waals surface area (Å²) in [4.78, 5) is 21.7. The van der Waals surface area contributed by atoms with Crippen molar-refractivity contribution in [2.75, 3.05) is 13.1 Å². The summed E-state index contributed by atoms with van der Waals surface area (Å²) in [5.41, 5.74) is 1.68. The van der Waals surface area contributed by atoms with Gasteiger partial charge >= 0.3 is 5.97 Å². The van der Waals surface area contributed by atoms with E-state index >= 15 is 0 Å². The number of hydrogen-bond acceptors (Lipinski definition) is 3. The van der Waals surface area contributed by atoms with E-state index in [1.165, 1.54) is 0 Å². The number of nitrogens with one attached hydrogen (secondary N) is 1. The second-order valence-corrected chi connectivity index (χ2v) is 3.29. The number of carboxylic acids is 1. The number of aryl methyl sites for hydroxylation is 1. The molecule has 1 aromatic carbocycles. The van der Waals surface area contributed by atoms with Crippen LogP contribution in [0.1, 0.15) is 15.9 Å². The van der Waals surface area contributed by atoms with Gasteiger partial charge in [-0.05, 0) is 6.92 Å². The monoisotopic (exact) mass is 207 g/mol. The van der Waals surface area contributed by atoms with Crippen LogP contribution in [0.15, 0.2) is 24.3 Å². The van der Waals surface area contributed by atoms with Crippen LogP contribution in [-0.2, 0) is 4.79 Å². The Labute approximate surface area is 87.9 Å². The van der Waals surface area contributed by atoms with E-state index in [-0.39, 0.29) is 18.9 Å². The highest BCUT2D eigenvalue weighted by molar-refractivity contribution is 5.97. The largest absolute Gasteiger partial charge is 0.480 e. The Morgan fingerprint density at radius 1 is 1.20 bits per heavy atom. The third-order valence-electron chi connectivity index (χ3n) is 1.94. The van der Waals surface area contributed by atoms with Crippen LogP contribution in [0.4, 0.5) is 0 Å². The Kier molecular flexibility index (Phi) is 4.00. The Morgan fingerprint density at radius 2 is 1.80 bits per heavy atom. The molecule has 0 aromatic heterocycles. The second kappa shape index (κ2) is 5.26. The molecule has 0 fully saturated rings. The summed E-state index contributed by atoms with van der Waals surface area (Å²) in [6, 6.07) is 7.18. The summed E-state index contributed by atoms with van der Waals surface area (Å²) >= 11 is 0. The second-order valence-electron chi connectivity index (χ2n) is 3.29. The van der Waals surface area contributed by atoms with Gasteiger partial charge in [-0.15, -0.1) is 0 Å². The maximum absolute atomic E-state index is 11.5. The van der Waals surface area contributed by atoms with Crippen molar-refractivity contribution in [1.82, 2.24) is 5.32 Å². The highest BCUT2D eigenvalue weighted by Gasteiger charge is 2.05. The number of Topliss-reactive ketones (excluding diaryl/α,β-unsaturated/α-hetero) is 1. The van der Waals surface area contributed by atoms with E-state index in [2.05, 4.69) is 5.32 Å². The number of carbonyl (C=O) groups is 2.